The molecule has 148 valence electrons. The second-order valence-electron chi connectivity index (χ2n) is 6.98. The standard InChI is InChI=1S/C20H24FN5OS/c1-24-7-6-22-19(24)13-26-10-8-25(9-11-26)12-17-15-28-20(23-17)14-27-18-4-2-16(21)3-5-18/h2-7,15H,8-14H2,1H3. The van der Waals surface area contributed by atoms with E-state index in [4.69, 9.17) is 4.74 Å². The van der Waals surface area contributed by atoms with E-state index >= 15 is 0 Å². The summed E-state index contributed by atoms with van der Waals surface area (Å²) in [6, 6.07) is 6.06. The fraction of sp³-hybridized carbons (Fsp3) is 0.400. The SMILES string of the molecule is Cn1ccnc1CN1CCN(Cc2csc(COc3ccc(F)cc3)n2)CC1. The molecule has 2 aromatic heterocycles. The van der Waals surface area contributed by atoms with Crippen molar-refractivity contribution in [1.29, 1.82) is 0 Å². The Kier molecular flexibility index (Phi) is 5.99. The summed E-state index contributed by atoms with van der Waals surface area (Å²) in [7, 11) is 2.04. The number of nitrogens with zero attached hydrogens (tertiary/aromatic N) is 5. The van der Waals surface area contributed by atoms with Crippen LogP contribution in [-0.2, 0) is 26.7 Å². The van der Waals surface area contributed by atoms with Crippen molar-refractivity contribution >= 4 is 11.3 Å². The van der Waals surface area contributed by atoms with Crippen LogP contribution in [0.25, 0.3) is 0 Å². The molecule has 3 aromatic rings. The smallest absolute Gasteiger partial charge is 0.140 e. The summed E-state index contributed by atoms with van der Waals surface area (Å²) >= 11 is 1.61. The molecular formula is C20H24FN5OS. The van der Waals surface area contributed by atoms with Gasteiger partial charge in [0.05, 0.1) is 12.2 Å². The molecule has 0 saturated carbocycles. The van der Waals surface area contributed by atoms with Crippen LogP contribution in [0.1, 0.15) is 16.5 Å². The van der Waals surface area contributed by atoms with E-state index in [0.29, 0.717) is 12.4 Å². The van der Waals surface area contributed by atoms with Crippen molar-refractivity contribution in [2.24, 2.45) is 7.05 Å². The Hall–Kier alpha value is -2.29. The lowest BCUT2D eigenvalue weighted by molar-refractivity contribution is 0.118. The van der Waals surface area contributed by atoms with Crippen molar-refractivity contribution in [3.8, 4) is 5.75 Å². The van der Waals surface area contributed by atoms with Crippen LogP contribution >= 0.6 is 11.3 Å². The number of hydrogen-bond acceptors (Lipinski definition) is 6. The minimum atomic E-state index is -0.260. The zero-order chi connectivity index (χ0) is 19.3. The summed E-state index contributed by atoms with van der Waals surface area (Å²) in [5, 5.41) is 3.04. The molecule has 6 nitrogen and oxygen atoms in total. The minimum Gasteiger partial charge on any atom is -0.486 e. The summed E-state index contributed by atoms with van der Waals surface area (Å²) < 4.78 is 20.7. The fourth-order valence-corrected chi connectivity index (χ4v) is 3.94. The van der Waals surface area contributed by atoms with Crippen molar-refractivity contribution in [2.45, 2.75) is 19.7 Å². The molecule has 0 unspecified atom stereocenters. The maximum Gasteiger partial charge on any atom is 0.140 e. The summed E-state index contributed by atoms with van der Waals surface area (Å²) in [5.41, 5.74) is 1.08. The minimum absolute atomic E-state index is 0.260. The highest BCUT2D eigenvalue weighted by Crippen LogP contribution is 2.17. The van der Waals surface area contributed by atoms with Gasteiger partial charge in [-0.05, 0) is 24.3 Å². The average molecular weight is 402 g/mol. The van der Waals surface area contributed by atoms with Gasteiger partial charge in [0.25, 0.3) is 0 Å². The van der Waals surface area contributed by atoms with Gasteiger partial charge < -0.3 is 9.30 Å². The van der Waals surface area contributed by atoms with Crippen LogP contribution in [0.3, 0.4) is 0 Å². The van der Waals surface area contributed by atoms with E-state index in [1.807, 2.05) is 19.4 Å². The molecule has 1 fully saturated rings. The van der Waals surface area contributed by atoms with Crippen molar-refractivity contribution in [3.05, 3.63) is 64.4 Å². The van der Waals surface area contributed by atoms with Crippen LogP contribution in [-0.4, -0.2) is 50.5 Å². The third-order valence-corrected chi connectivity index (χ3v) is 5.78. The molecule has 0 aliphatic carbocycles. The van der Waals surface area contributed by atoms with Gasteiger partial charge in [0.1, 0.15) is 29.0 Å². The van der Waals surface area contributed by atoms with E-state index in [1.165, 1.54) is 12.1 Å². The third-order valence-electron chi connectivity index (χ3n) is 4.91. The Bertz CT molecular complexity index is 886. The Balaban J connectivity index is 1.22. The lowest BCUT2D eigenvalue weighted by atomic mass is 10.3. The van der Waals surface area contributed by atoms with Gasteiger partial charge >= 0.3 is 0 Å². The molecule has 1 saturated heterocycles. The Labute approximate surface area is 168 Å². The molecule has 1 aliphatic rings. The summed E-state index contributed by atoms with van der Waals surface area (Å²) in [5.74, 6) is 1.50. The number of aromatic nitrogens is 3. The normalized spacial score (nSPS) is 15.8. The van der Waals surface area contributed by atoms with Gasteiger partial charge in [0, 0.05) is 57.5 Å². The lowest BCUT2D eigenvalue weighted by Crippen LogP contribution is -2.45. The number of thiazole rings is 1. The van der Waals surface area contributed by atoms with E-state index < -0.39 is 0 Å². The zero-order valence-electron chi connectivity index (χ0n) is 15.9. The first-order valence-electron chi connectivity index (χ1n) is 9.38. The molecule has 0 amide bonds. The number of benzene rings is 1. The van der Waals surface area contributed by atoms with E-state index in [9.17, 15) is 4.39 Å². The predicted molar refractivity (Wildman–Crippen MR) is 107 cm³/mol. The zero-order valence-corrected chi connectivity index (χ0v) is 16.7. The average Bonchev–Trinajstić information content (AvgIpc) is 3.32. The maximum absolute atomic E-state index is 12.9. The number of piperazine rings is 1. The number of aryl methyl sites for hydroxylation is 1. The fourth-order valence-electron chi connectivity index (χ4n) is 3.25. The topological polar surface area (TPSA) is 46.4 Å². The highest BCUT2D eigenvalue weighted by atomic mass is 32.1. The molecule has 0 radical (unpaired) electrons. The van der Waals surface area contributed by atoms with Crippen molar-refractivity contribution in [2.75, 3.05) is 26.2 Å². The largest absolute Gasteiger partial charge is 0.486 e. The molecule has 0 N–H and O–H groups in total. The monoisotopic (exact) mass is 401 g/mol. The third kappa shape index (κ3) is 4.95. The van der Waals surface area contributed by atoms with Crippen LogP contribution < -0.4 is 4.74 Å². The quantitative estimate of drug-likeness (QED) is 0.609. The Morgan fingerprint density at radius 1 is 1.07 bits per heavy atom. The van der Waals surface area contributed by atoms with Gasteiger partial charge in [-0.3, -0.25) is 9.80 Å². The highest BCUT2D eigenvalue weighted by Gasteiger charge is 2.19. The van der Waals surface area contributed by atoms with E-state index in [0.717, 1.165) is 55.8 Å². The van der Waals surface area contributed by atoms with Gasteiger partial charge in [-0.15, -0.1) is 11.3 Å². The van der Waals surface area contributed by atoms with Gasteiger partial charge in [0.2, 0.25) is 0 Å². The molecule has 28 heavy (non-hydrogen) atoms. The van der Waals surface area contributed by atoms with E-state index in [1.54, 1.807) is 23.5 Å². The van der Waals surface area contributed by atoms with Gasteiger partial charge in [-0.2, -0.15) is 0 Å². The molecule has 3 heterocycles. The summed E-state index contributed by atoms with van der Waals surface area (Å²) in [4.78, 5) is 14.0. The van der Waals surface area contributed by atoms with Gasteiger partial charge in [-0.1, -0.05) is 0 Å². The number of imidazole rings is 1. The van der Waals surface area contributed by atoms with Crippen molar-refractivity contribution in [1.82, 2.24) is 24.3 Å². The first-order valence-corrected chi connectivity index (χ1v) is 10.3. The molecule has 0 atom stereocenters. The second-order valence-corrected chi connectivity index (χ2v) is 7.92. The molecule has 1 aromatic carbocycles. The lowest BCUT2D eigenvalue weighted by Gasteiger charge is -2.34. The number of halogens is 1. The highest BCUT2D eigenvalue weighted by molar-refractivity contribution is 7.09. The van der Waals surface area contributed by atoms with E-state index in [-0.39, 0.29) is 5.82 Å². The Morgan fingerprint density at radius 2 is 1.79 bits per heavy atom. The maximum atomic E-state index is 12.9. The van der Waals surface area contributed by atoms with Crippen LogP contribution in [0.4, 0.5) is 4.39 Å². The van der Waals surface area contributed by atoms with Crippen molar-refractivity contribution in [3.63, 3.8) is 0 Å². The number of rotatable bonds is 7. The van der Waals surface area contributed by atoms with Crippen LogP contribution in [0.2, 0.25) is 0 Å². The second kappa shape index (κ2) is 8.81. The molecular weight excluding hydrogens is 377 g/mol. The first-order chi connectivity index (χ1) is 13.7. The van der Waals surface area contributed by atoms with Crippen LogP contribution in [0.15, 0.2) is 42.0 Å². The predicted octanol–water partition coefficient (Wildman–Crippen LogP) is 2.91. The Morgan fingerprint density at radius 3 is 2.46 bits per heavy atom. The van der Waals surface area contributed by atoms with Crippen LogP contribution in [0, 0.1) is 5.82 Å². The first kappa shape index (κ1) is 19.0. The van der Waals surface area contributed by atoms with E-state index in [2.05, 4.69) is 29.7 Å². The number of ether oxygens (including phenoxy) is 1. The number of hydrogen-bond donors (Lipinski definition) is 0. The summed E-state index contributed by atoms with van der Waals surface area (Å²) in [6.45, 7) is 6.32. The van der Waals surface area contributed by atoms with Gasteiger partial charge in [0.15, 0.2) is 0 Å². The van der Waals surface area contributed by atoms with Gasteiger partial charge in [-0.25, -0.2) is 14.4 Å². The molecule has 1 aliphatic heterocycles. The molecule has 4 rings (SSSR count). The van der Waals surface area contributed by atoms with Crippen molar-refractivity contribution < 1.29 is 9.13 Å². The molecule has 0 spiro atoms. The summed E-state index contributed by atoms with van der Waals surface area (Å²) in [6.07, 6.45) is 3.84. The molecule has 0 bridgehead atoms. The molecule has 8 heteroatoms. The van der Waals surface area contributed by atoms with Crippen LogP contribution in [0.5, 0.6) is 5.75 Å².